The standard InChI is InChI=1S/C20H28N2O3.ClH/c1-11(2)10-14(21)20(25)22-17(12(3)4)19(24)16-15(18(16)23)13-8-6-5-7-9-13;/h5-9,11-12,14,17,19,24H,10,21H2,1-4H3,(H,22,25);1H/t14-,17-,19-;/m0./s1. The average molecular weight is 381 g/mol. The van der Waals surface area contributed by atoms with Crippen LogP contribution in [0.2, 0.25) is 0 Å². The third-order valence-electron chi connectivity index (χ3n) is 4.47. The summed E-state index contributed by atoms with van der Waals surface area (Å²) in [5.41, 5.74) is 7.54. The SMILES string of the molecule is CC(C)C[C@H](N)C(=O)N[C@@H](C(C)C)[C@@H](O)c1c(-c2ccccc2)c1=O.Cl. The first-order chi connectivity index (χ1) is 11.7. The minimum atomic E-state index is -1.03. The van der Waals surface area contributed by atoms with Gasteiger partial charge in [0, 0.05) is 11.1 Å². The lowest BCUT2D eigenvalue weighted by Crippen LogP contribution is -2.49. The Morgan fingerprint density at radius 2 is 1.73 bits per heavy atom. The number of hydrogen-bond acceptors (Lipinski definition) is 4. The number of nitrogens with two attached hydrogens (primary N) is 1. The number of carbonyl (C=O) groups is 1. The molecular formula is C20H29ClN2O3. The van der Waals surface area contributed by atoms with Crippen molar-refractivity contribution in [3.8, 4) is 11.1 Å². The van der Waals surface area contributed by atoms with Gasteiger partial charge in [0.25, 0.3) is 0 Å². The van der Waals surface area contributed by atoms with Crippen LogP contribution < -0.4 is 16.5 Å². The van der Waals surface area contributed by atoms with E-state index in [1.807, 2.05) is 58.0 Å². The fraction of sp³-hybridized carbons (Fsp3) is 0.500. The Hall–Kier alpha value is -1.69. The van der Waals surface area contributed by atoms with Crippen LogP contribution >= 0.6 is 12.4 Å². The molecule has 4 N–H and O–H groups in total. The van der Waals surface area contributed by atoms with Crippen molar-refractivity contribution in [1.82, 2.24) is 5.32 Å². The van der Waals surface area contributed by atoms with Crippen molar-refractivity contribution in [2.75, 3.05) is 0 Å². The quantitative estimate of drug-likeness (QED) is 0.656. The van der Waals surface area contributed by atoms with Crippen molar-refractivity contribution in [2.24, 2.45) is 17.6 Å². The smallest absolute Gasteiger partial charge is 0.237 e. The second kappa shape index (κ2) is 9.31. The van der Waals surface area contributed by atoms with E-state index in [1.165, 1.54) is 0 Å². The van der Waals surface area contributed by atoms with Gasteiger partial charge in [-0.1, -0.05) is 58.0 Å². The van der Waals surface area contributed by atoms with E-state index in [0.717, 1.165) is 5.56 Å². The Labute approximate surface area is 161 Å². The molecule has 144 valence electrons. The molecule has 3 atom stereocenters. The van der Waals surface area contributed by atoms with Crippen LogP contribution in [0.4, 0.5) is 0 Å². The van der Waals surface area contributed by atoms with Gasteiger partial charge in [0.15, 0.2) is 5.43 Å². The fourth-order valence-electron chi connectivity index (χ4n) is 3.03. The Morgan fingerprint density at radius 1 is 1.15 bits per heavy atom. The third kappa shape index (κ3) is 5.16. The average Bonchev–Trinajstić information content (AvgIpc) is 3.22. The zero-order valence-electron chi connectivity index (χ0n) is 15.7. The van der Waals surface area contributed by atoms with Crippen molar-refractivity contribution in [3.63, 3.8) is 0 Å². The summed E-state index contributed by atoms with van der Waals surface area (Å²) in [6.07, 6.45) is -0.457. The van der Waals surface area contributed by atoms with Crippen LogP contribution in [-0.2, 0) is 4.79 Å². The van der Waals surface area contributed by atoms with Crippen molar-refractivity contribution in [3.05, 3.63) is 46.1 Å². The number of aliphatic hydroxyl groups excluding tert-OH is 1. The van der Waals surface area contributed by atoms with Crippen LogP contribution in [0, 0.1) is 11.8 Å². The van der Waals surface area contributed by atoms with Gasteiger partial charge in [-0.3, -0.25) is 9.59 Å². The normalized spacial score (nSPS) is 14.9. The molecule has 0 unspecified atom stereocenters. The van der Waals surface area contributed by atoms with Gasteiger partial charge < -0.3 is 16.2 Å². The van der Waals surface area contributed by atoms with Gasteiger partial charge in [0.1, 0.15) is 6.10 Å². The number of aliphatic hydroxyl groups is 1. The summed E-state index contributed by atoms with van der Waals surface area (Å²) in [6.45, 7) is 7.80. The minimum Gasteiger partial charge on any atom is -0.386 e. The highest BCUT2D eigenvalue weighted by Gasteiger charge is 2.37. The predicted molar refractivity (Wildman–Crippen MR) is 107 cm³/mol. The highest BCUT2D eigenvalue weighted by molar-refractivity contribution is 5.85. The Bertz CT molecular complexity index is 721. The number of rotatable bonds is 8. The lowest BCUT2D eigenvalue weighted by atomic mass is 9.95. The highest BCUT2D eigenvalue weighted by Crippen LogP contribution is 2.33. The monoisotopic (exact) mass is 380 g/mol. The van der Waals surface area contributed by atoms with Gasteiger partial charge in [0.2, 0.25) is 5.91 Å². The molecule has 1 amide bonds. The van der Waals surface area contributed by atoms with Gasteiger partial charge in [-0.15, -0.1) is 12.4 Å². The predicted octanol–water partition coefficient (Wildman–Crippen LogP) is 2.56. The lowest BCUT2D eigenvalue weighted by molar-refractivity contribution is -0.124. The molecule has 0 heterocycles. The minimum absolute atomic E-state index is 0. The summed E-state index contributed by atoms with van der Waals surface area (Å²) >= 11 is 0. The Kier molecular flexibility index (Phi) is 8.00. The molecule has 2 rings (SSSR count). The molecule has 0 radical (unpaired) electrons. The summed E-state index contributed by atoms with van der Waals surface area (Å²) in [4.78, 5) is 24.5. The van der Waals surface area contributed by atoms with E-state index in [0.29, 0.717) is 23.5 Å². The molecule has 0 aliphatic heterocycles. The van der Waals surface area contributed by atoms with Gasteiger partial charge in [-0.25, -0.2) is 0 Å². The molecule has 0 aliphatic carbocycles. The summed E-state index contributed by atoms with van der Waals surface area (Å²) in [5, 5.41) is 13.5. The number of carbonyl (C=O) groups excluding carboxylic acids is 1. The second-order valence-electron chi connectivity index (χ2n) is 7.44. The molecule has 0 saturated heterocycles. The number of hydrogen-bond donors (Lipinski definition) is 3. The zero-order valence-corrected chi connectivity index (χ0v) is 16.5. The first kappa shape index (κ1) is 22.4. The molecule has 5 nitrogen and oxygen atoms in total. The van der Waals surface area contributed by atoms with E-state index < -0.39 is 18.2 Å². The summed E-state index contributed by atoms with van der Waals surface area (Å²) in [6, 6.07) is 8.09. The molecule has 0 bridgehead atoms. The number of amides is 1. The van der Waals surface area contributed by atoms with Crippen molar-refractivity contribution in [2.45, 2.75) is 52.3 Å². The van der Waals surface area contributed by atoms with Crippen molar-refractivity contribution in [1.29, 1.82) is 0 Å². The Morgan fingerprint density at radius 3 is 2.23 bits per heavy atom. The van der Waals surface area contributed by atoms with Gasteiger partial charge >= 0.3 is 0 Å². The first-order valence-corrected chi connectivity index (χ1v) is 8.82. The molecule has 0 aliphatic rings. The van der Waals surface area contributed by atoms with Crippen molar-refractivity contribution >= 4 is 18.3 Å². The Balaban J connectivity index is 0.00000338. The van der Waals surface area contributed by atoms with Gasteiger partial charge in [-0.2, -0.15) is 0 Å². The molecule has 0 aromatic heterocycles. The molecule has 0 spiro atoms. The van der Waals surface area contributed by atoms with E-state index in [9.17, 15) is 14.7 Å². The highest BCUT2D eigenvalue weighted by atomic mass is 35.5. The van der Waals surface area contributed by atoms with Gasteiger partial charge in [-0.05, 0) is 23.8 Å². The summed E-state index contributed by atoms with van der Waals surface area (Å²) < 4.78 is 0. The van der Waals surface area contributed by atoms with Crippen LogP contribution in [0.5, 0.6) is 0 Å². The van der Waals surface area contributed by atoms with Crippen LogP contribution in [0.25, 0.3) is 11.1 Å². The van der Waals surface area contributed by atoms with Crippen LogP contribution in [0.3, 0.4) is 0 Å². The molecular weight excluding hydrogens is 352 g/mol. The molecule has 0 fully saturated rings. The van der Waals surface area contributed by atoms with E-state index in [4.69, 9.17) is 5.73 Å². The third-order valence-corrected chi connectivity index (χ3v) is 4.47. The molecule has 2 aromatic carbocycles. The second-order valence-corrected chi connectivity index (χ2v) is 7.44. The lowest BCUT2D eigenvalue weighted by Gasteiger charge is -2.27. The summed E-state index contributed by atoms with van der Waals surface area (Å²) in [5.74, 6) is -0.0230. The number of halogens is 1. The van der Waals surface area contributed by atoms with Crippen molar-refractivity contribution < 1.29 is 9.90 Å². The topological polar surface area (TPSA) is 92.4 Å². The molecule has 2 aromatic rings. The first-order valence-electron chi connectivity index (χ1n) is 8.82. The fourth-order valence-corrected chi connectivity index (χ4v) is 3.03. The molecule has 0 saturated carbocycles. The van der Waals surface area contributed by atoms with E-state index in [1.54, 1.807) is 0 Å². The van der Waals surface area contributed by atoms with E-state index in [2.05, 4.69) is 5.32 Å². The van der Waals surface area contributed by atoms with E-state index in [-0.39, 0.29) is 29.7 Å². The number of nitrogens with one attached hydrogen (secondary N) is 1. The molecule has 6 heteroatoms. The van der Waals surface area contributed by atoms with Gasteiger partial charge in [0.05, 0.1) is 12.1 Å². The maximum atomic E-state index is 12.3. The summed E-state index contributed by atoms with van der Waals surface area (Å²) in [7, 11) is 0. The number of benzene rings is 1. The van der Waals surface area contributed by atoms with Crippen LogP contribution in [0.1, 0.15) is 45.8 Å². The largest absolute Gasteiger partial charge is 0.386 e. The van der Waals surface area contributed by atoms with Crippen LogP contribution in [0.15, 0.2) is 35.1 Å². The van der Waals surface area contributed by atoms with E-state index >= 15 is 0 Å². The molecule has 26 heavy (non-hydrogen) atoms. The maximum absolute atomic E-state index is 12.3. The zero-order chi connectivity index (χ0) is 18.7. The van der Waals surface area contributed by atoms with Crippen LogP contribution in [-0.4, -0.2) is 23.1 Å². The maximum Gasteiger partial charge on any atom is 0.237 e.